The van der Waals surface area contributed by atoms with Gasteiger partial charge in [-0.2, -0.15) is 0 Å². The van der Waals surface area contributed by atoms with Crippen molar-refractivity contribution in [2.24, 2.45) is 0 Å². The van der Waals surface area contributed by atoms with Gasteiger partial charge < -0.3 is 14.2 Å². The highest BCUT2D eigenvalue weighted by atomic mass is 16.6. The van der Waals surface area contributed by atoms with E-state index in [1.54, 1.807) is 0 Å². The topological polar surface area (TPSA) is 78.9 Å². The molecule has 0 aromatic carbocycles. The predicted octanol–water partition coefficient (Wildman–Crippen LogP) is 24.4. The Morgan fingerprint density at radius 1 is 0.259 bits per heavy atom. The minimum atomic E-state index is -0.784. The molecule has 0 N–H and O–H groups in total. The fourth-order valence-electron chi connectivity index (χ4n) is 10.4. The van der Waals surface area contributed by atoms with E-state index in [4.69, 9.17) is 14.2 Å². The van der Waals surface area contributed by atoms with E-state index in [9.17, 15) is 14.4 Å². The van der Waals surface area contributed by atoms with Gasteiger partial charge in [0.05, 0.1) is 0 Å². The third kappa shape index (κ3) is 67.5. The minimum absolute atomic E-state index is 0.0795. The van der Waals surface area contributed by atoms with Gasteiger partial charge in [-0.15, -0.1) is 0 Å². The highest BCUT2D eigenvalue weighted by Gasteiger charge is 2.19. The molecule has 0 fully saturated rings. The summed E-state index contributed by atoms with van der Waals surface area (Å²) in [4.78, 5) is 38.5. The molecule has 0 aromatic heterocycles. The summed E-state index contributed by atoms with van der Waals surface area (Å²) in [7, 11) is 0. The average Bonchev–Trinajstić information content (AvgIpc) is 3.47. The number of hydrogen-bond donors (Lipinski definition) is 0. The molecule has 0 bridgehead atoms. The first-order chi connectivity index (χ1) is 40.0. The van der Waals surface area contributed by atoms with Gasteiger partial charge in [0.2, 0.25) is 0 Å². The van der Waals surface area contributed by atoms with Crippen molar-refractivity contribution in [1.82, 2.24) is 0 Å². The van der Waals surface area contributed by atoms with E-state index in [1.165, 1.54) is 225 Å². The highest BCUT2D eigenvalue weighted by Crippen LogP contribution is 2.18. The summed E-state index contributed by atoms with van der Waals surface area (Å²) < 4.78 is 17.0. The molecule has 0 rings (SSSR count). The molecule has 0 aliphatic heterocycles. The van der Waals surface area contributed by atoms with Crippen molar-refractivity contribution in [2.45, 2.75) is 374 Å². The number of allylic oxidation sites excluding steroid dienone is 12. The van der Waals surface area contributed by atoms with E-state index in [2.05, 4.69) is 93.7 Å². The molecule has 0 spiro atoms. The molecule has 0 heterocycles. The van der Waals surface area contributed by atoms with Gasteiger partial charge in [-0.1, -0.05) is 331 Å². The predicted molar refractivity (Wildman–Crippen MR) is 353 cm³/mol. The summed E-state index contributed by atoms with van der Waals surface area (Å²) in [5.74, 6) is -0.873. The van der Waals surface area contributed by atoms with E-state index in [0.717, 1.165) is 103 Å². The standard InChI is InChI=1S/C75H134O6/c1-4-7-10-13-16-19-22-25-28-31-33-35-37-39-41-44-47-50-53-56-59-62-65-68-74(77)80-71-72(70-79-73(76)67-64-61-58-55-52-49-46-43-30-27-24-21-18-15-12-9-6-3)81-75(78)69-66-63-60-57-54-51-48-45-42-40-38-36-34-32-29-26-23-20-17-14-11-8-5-2/h9,12,18,21-22,25,27,30-31,33,37,39,72H,4-8,10-11,13-17,19-20,23-24,26,28-29,32,34-36,38,40-71H2,1-3H3/b12-9-,21-18-,25-22-,30-27-,33-31-,39-37-. The maximum Gasteiger partial charge on any atom is 0.306 e. The van der Waals surface area contributed by atoms with Gasteiger partial charge in [0.25, 0.3) is 0 Å². The van der Waals surface area contributed by atoms with Crippen molar-refractivity contribution >= 4 is 17.9 Å². The van der Waals surface area contributed by atoms with Crippen LogP contribution in [0.25, 0.3) is 0 Å². The Balaban J connectivity index is 4.35. The number of carbonyl (C=O) groups is 3. The van der Waals surface area contributed by atoms with Gasteiger partial charge in [0.15, 0.2) is 6.10 Å². The maximum atomic E-state index is 13.0. The second kappa shape index (κ2) is 69.3. The molecule has 1 atom stereocenters. The van der Waals surface area contributed by atoms with Crippen LogP contribution in [0.5, 0.6) is 0 Å². The smallest absolute Gasteiger partial charge is 0.306 e. The minimum Gasteiger partial charge on any atom is -0.462 e. The van der Waals surface area contributed by atoms with E-state index in [1.807, 2.05) is 0 Å². The lowest BCUT2D eigenvalue weighted by atomic mass is 10.0. The molecule has 0 amide bonds. The first-order valence-electron chi connectivity index (χ1n) is 35.4. The summed E-state index contributed by atoms with van der Waals surface area (Å²) in [5.41, 5.74) is 0. The molecule has 0 saturated heterocycles. The molecule has 0 saturated carbocycles. The quantitative estimate of drug-likeness (QED) is 0.0261. The molecular weight excluding hydrogens is 997 g/mol. The Bertz CT molecular complexity index is 1490. The molecule has 470 valence electrons. The van der Waals surface area contributed by atoms with Crippen LogP contribution >= 0.6 is 0 Å². The molecule has 6 heteroatoms. The molecule has 0 aliphatic rings. The van der Waals surface area contributed by atoms with Crippen LogP contribution in [0.15, 0.2) is 72.9 Å². The zero-order valence-corrected chi connectivity index (χ0v) is 54.1. The van der Waals surface area contributed by atoms with Gasteiger partial charge in [-0.3, -0.25) is 14.4 Å². The van der Waals surface area contributed by atoms with Crippen LogP contribution in [0.2, 0.25) is 0 Å². The van der Waals surface area contributed by atoms with Crippen LogP contribution in [-0.4, -0.2) is 37.2 Å². The molecule has 0 radical (unpaired) electrons. The molecule has 1 unspecified atom stereocenters. The third-order valence-corrected chi connectivity index (χ3v) is 15.7. The van der Waals surface area contributed by atoms with Crippen LogP contribution in [0.4, 0.5) is 0 Å². The molecule has 0 aliphatic carbocycles. The number of ether oxygens (including phenoxy) is 3. The Labute approximate surface area is 503 Å². The number of rotatable bonds is 65. The fourth-order valence-corrected chi connectivity index (χ4v) is 10.4. The number of hydrogen-bond acceptors (Lipinski definition) is 6. The Hall–Kier alpha value is -3.15. The lowest BCUT2D eigenvalue weighted by molar-refractivity contribution is -0.167. The number of carbonyl (C=O) groups excluding carboxylic acids is 3. The summed E-state index contributed by atoms with van der Waals surface area (Å²) in [6.07, 6.45) is 90.7. The Morgan fingerprint density at radius 2 is 0.481 bits per heavy atom. The van der Waals surface area contributed by atoms with Crippen molar-refractivity contribution in [3.63, 3.8) is 0 Å². The fraction of sp³-hybridized carbons (Fsp3) is 0.800. The Kier molecular flexibility index (Phi) is 66.6. The van der Waals surface area contributed by atoms with Crippen LogP contribution in [0.3, 0.4) is 0 Å². The van der Waals surface area contributed by atoms with Gasteiger partial charge in [-0.25, -0.2) is 0 Å². The second-order valence-corrected chi connectivity index (χ2v) is 23.8. The van der Waals surface area contributed by atoms with Crippen molar-refractivity contribution < 1.29 is 28.6 Å². The van der Waals surface area contributed by atoms with Crippen molar-refractivity contribution in [1.29, 1.82) is 0 Å². The molecule has 6 nitrogen and oxygen atoms in total. The monoisotopic (exact) mass is 1130 g/mol. The zero-order valence-electron chi connectivity index (χ0n) is 54.1. The number of esters is 3. The molecular formula is C75H134O6. The summed E-state index contributed by atoms with van der Waals surface area (Å²) in [6, 6.07) is 0. The van der Waals surface area contributed by atoms with Crippen molar-refractivity contribution in [3.05, 3.63) is 72.9 Å². The van der Waals surface area contributed by atoms with Crippen LogP contribution in [0.1, 0.15) is 367 Å². The van der Waals surface area contributed by atoms with E-state index in [-0.39, 0.29) is 31.1 Å². The largest absolute Gasteiger partial charge is 0.462 e. The molecule has 81 heavy (non-hydrogen) atoms. The lowest BCUT2D eigenvalue weighted by Crippen LogP contribution is -2.30. The first-order valence-corrected chi connectivity index (χ1v) is 35.4. The molecule has 0 aromatic rings. The van der Waals surface area contributed by atoms with Crippen molar-refractivity contribution in [3.8, 4) is 0 Å². The normalized spacial score (nSPS) is 12.5. The van der Waals surface area contributed by atoms with Gasteiger partial charge in [0, 0.05) is 19.3 Å². The van der Waals surface area contributed by atoms with Crippen LogP contribution in [0, 0.1) is 0 Å². The maximum absolute atomic E-state index is 13.0. The van der Waals surface area contributed by atoms with E-state index in [0.29, 0.717) is 19.3 Å². The van der Waals surface area contributed by atoms with Crippen LogP contribution in [-0.2, 0) is 28.6 Å². The SMILES string of the molecule is CC/C=C\C/C=C\C/C=C\CCCCCCCCCC(=O)OCC(COC(=O)CCCCCCCCCC/C=C\C/C=C\C/C=C\CCCCCCC)OC(=O)CCCCCCCCCCCCCCCCCCCCCCCCC. The van der Waals surface area contributed by atoms with Crippen LogP contribution < -0.4 is 0 Å². The zero-order chi connectivity index (χ0) is 58.5. The van der Waals surface area contributed by atoms with Gasteiger partial charge in [0.1, 0.15) is 13.2 Å². The lowest BCUT2D eigenvalue weighted by Gasteiger charge is -2.18. The van der Waals surface area contributed by atoms with Gasteiger partial charge in [-0.05, 0) is 89.9 Å². The summed E-state index contributed by atoms with van der Waals surface area (Å²) in [6.45, 7) is 6.57. The van der Waals surface area contributed by atoms with Gasteiger partial charge >= 0.3 is 17.9 Å². The third-order valence-electron chi connectivity index (χ3n) is 15.7. The van der Waals surface area contributed by atoms with E-state index >= 15 is 0 Å². The Morgan fingerprint density at radius 3 is 0.753 bits per heavy atom. The number of unbranched alkanes of at least 4 members (excludes halogenated alkanes) is 42. The highest BCUT2D eigenvalue weighted by molar-refractivity contribution is 5.71. The average molecular weight is 1130 g/mol. The summed E-state index contributed by atoms with van der Waals surface area (Å²) >= 11 is 0. The first kappa shape index (κ1) is 77.9. The van der Waals surface area contributed by atoms with E-state index < -0.39 is 6.10 Å². The van der Waals surface area contributed by atoms with Crippen molar-refractivity contribution in [2.75, 3.05) is 13.2 Å². The summed E-state index contributed by atoms with van der Waals surface area (Å²) in [5, 5.41) is 0. The second-order valence-electron chi connectivity index (χ2n) is 23.8.